The van der Waals surface area contributed by atoms with Crippen LogP contribution in [-0.4, -0.2) is 55.9 Å². The molecule has 10 heteroatoms. The Kier molecular flexibility index (Phi) is 4.19. The Bertz CT molecular complexity index is 653. The van der Waals surface area contributed by atoms with Crippen molar-refractivity contribution in [1.82, 2.24) is 14.5 Å². The fourth-order valence-corrected chi connectivity index (χ4v) is 5.16. The lowest BCUT2D eigenvalue weighted by Crippen LogP contribution is -2.34. The number of sulfonamides is 1. The van der Waals surface area contributed by atoms with Crippen LogP contribution in [0.3, 0.4) is 0 Å². The summed E-state index contributed by atoms with van der Waals surface area (Å²) in [5, 5.41) is 6.04. The van der Waals surface area contributed by atoms with E-state index in [-0.39, 0.29) is 35.5 Å². The molecule has 0 atom stereocenters. The summed E-state index contributed by atoms with van der Waals surface area (Å²) in [6.45, 7) is 0.147. The van der Waals surface area contributed by atoms with Gasteiger partial charge in [-0.2, -0.15) is 9.40 Å². The van der Waals surface area contributed by atoms with Crippen molar-refractivity contribution in [3.8, 4) is 0 Å². The molecule has 2 heterocycles. The summed E-state index contributed by atoms with van der Waals surface area (Å²) in [7, 11) is -6.92. The van der Waals surface area contributed by atoms with E-state index in [0.29, 0.717) is 12.0 Å². The zero-order chi connectivity index (χ0) is 14.1. The smallest absolute Gasteiger partial charge is 0.260 e. The molecule has 1 fully saturated rings. The van der Waals surface area contributed by atoms with Crippen molar-refractivity contribution >= 4 is 31.5 Å². The molecule has 1 saturated heterocycles. The lowest BCUT2D eigenvalue weighted by atomic mass is 10.4. The number of H-pyrrole nitrogens is 1. The molecular weight excluding hydrogens is 314 g/mol. The summed E-state index contributed by atoms with van der Waals surface area (Å²) in [6.07, 6.45) is 1.65. The number of aromatic nitrogens is 2. The van der Waals surface area contributed by atoms with Crippen LogP contribution in [0.25, 0.3) is 0 Å². The van der Waals surface area contributed by atoms with Crippen molar-refractivity contribution in [3.63, 3.8) is 0 Å². The van der Waals surface area contributed by atoms with Gasteiger partial charge in [-0.15, -0.1) is 11.6 Å². The van der Waals surface area contributed by atoms with Gasteiger partial charge >= 0.3 is 0 Å². The highest BCUT2D eigenvalue weighted by atomic mass is 35.5. The predicted molar refractivity (Wildman–Crippen MR) is 70.2 cm³/mol. The van der Waals surface area contributed by atoms with Crippen molar-refractivity contribution in [1.29, 1.82) is 0 Å². The van der Waals surface area contributed by atoms with Crippen molar-refractivity contribution in [2.75, 3.05) is 24.6 Å². The number of hydrogen-bond acceptors (Lipinski definition) is 5. The summed E-state index contributed by atoms with van der Waals surface area (Å²) in [6, 6.07) is 0. The highest BCUT2D eigenvalue weighted by molar-refractivity contribution is 7.91. The first kappa shape index (κ1) is 14.8. The lowest BCUT2D eigenvalue weighted by molar-refractivity contribution is 0.432. The molecule has 7 nitrogen and oxygen atoms in total. The zero-order valence-corrected chi connectivity index (χ0v) is 12.4. The van der Waals surface area contributed by atoms with Gasteiger partial charge < -0.3 is 0 Å². The standard InChI is InChI=1S/C9H14ClN3O4S2/c10-6-8-7-11-12-9(8)19(16,17)13-2-1-4-18(14,15)5-3-13/h7H,1-6H2,(H,11,12). The third kappa shape index (κ3) is 3.10. The Morgan fingerprint density at radius 1 is 1.37 bits per heavy atom. The summed E-state index contributed by atoms with van der Waals surface area (Å²) >= 11 is 5.66. The van der Waals surface area contributed by atoms with Gasteiger partial charge in [0.25, 0.3) is 10.0 Å². The van der Waals surface area contributed by atoms with Crippen molar-refractivity contribution in [3.05, 3.63) is 11.8 Å². The van der Waals surface area contributed by atoms with E-state index in [4.69, 9.17) is 11.6 Å². The van der Waals surface area contributed by atoms with E-state index in [2.05, 4.69) is 10.2 Å². The molecule has 1 N–H and O–H groups in total. The number of aromatic amines is 1. The fraction of sp³-hybridized carbons (Fsp3) is 0.667. The van der Waals surface area contributed by atoms with Crippen LogP contribution in [0.4, 0.5) is 0 Å². The molecule has 0 spiro atoms. The molecule has 1 aliphatic heterocycles. The minimum atomic E-state index is -3.77. The lowest BCUT2D eigenvalue weighted by Gasteiger charge is -2.18. The molecule has 0 unspecified atom stereocenters. The first-order valence-corrected chi connectivity index (χ1v) is 9.45. The first-order chi connectivity index (χ1) is 8.87. The average molecular weight is 328 g/mol. The van der Waals surface area contributed by atoms with Gasteiger partial charge in [-0.25, -0.2) is 16.8 Å². The molecule has 0 aromatic carbocycles. The van der Waals surface area contributed by atoms with Crippen molar-refractivity contribution < 1.29 is 16.8 Å². The normalized spacial score (nSPS) is 21.1. The van der Waals surface area contributed by atoms with E-state index < -0.39 is 19.9 Å². The number of nitrogens with one attached hydrogen (secondary N) is 1. The van der Waals surface area contributed by atoms with E-state index in [1.165, 1.54) is 10.5 Å². The Morgan fingerprint density at radius 3 is 2.79 bits per heavy atom. The molecule has 0 amide bonds. The van der Waals surface area contributed by atoms with Crippen LogP contribution in [0.2, 0.25) is 0 Å². The number of halogens is 1. The first-order valence-electron chi connectivity index (χ1n) is 5.65. The van der Waals surface area contributed by atoms with Crippen LogP contribution in [0.1, 0.15) is 12.0 Å². The van der Waals surface area contributed by atoms with Crippen LogP contribution in [0.15, 0.2) is 11.2 Å². The Hall–Kier alpha value is -0.640. The predicted octanol–water partition coefficient (Wildman–Crippen LogP) is -0.0423. The van der Waals surface area contributed by atoms with E-state index in [1.807, 2.05) is 0 Å². The van der Waals surface area contributed by atoms with Crippen LogP contribution in [0.5, 0.6) is 0 Å². The summed E-state index contributed by atoms with van der Waals surface area (Å²) in [5.41, 5.74) is 0.383. The average Bonchev–Trinajstić information content (AvgIpc) is 2.74. The van der Waals surface area contributed by atoms with E-state index in [9.17, 15) is 16.8 Å². The van der Waals surface area contributed by atoms with E-state index in [0.717, 1.165) is 0 Å². The van der Waals surface area contributed by atoms with E-state index >= 15 is 0 Å². The maximum absolute atomic E-state index is 12.4. The largest absolute Gasteiger partial charge is 0.266 e. The molecule has 0 aliphatic carbocycles. The van der Waals surface area contributed by atoms with Gasteiger partial charge in [0.05, 0.1) is 23.6 Å². The Balaban J connectivity index is 2.30. The molecule has 2 rings (SSSR count). The maximum Gasteiger partial charge on any atom is 0.260 e. The summed E-state index contributed by atoms with van der Waals surface area (Å²) < 4.78 is 48.9. The molecule has 1 aromatic heterocycles. The molecule has 0 radical (unpaired) electrons. The number of rotatable bonds is 3. The van der Waals surface area contributed by atoms with Gasteiger partial charge in [-0.05, 0) is 6.42 Å². The van der Waals surface area contributed by atoms with Gasteiger partial charge in [0.15, 0.2) is 14.9 Å². The second kappa shape index (κ2) is 5.39. The third-order valence-electron chi connectivity index (χ3n) is 2.93. The van der Waals surface area contributed by atoms with Gasteiger partial charge in [-0.1, -0.05) is 0 Å². The van der Waals surface area contributed by atoms with Crippen LogP contribution >= 0.6 is 11.6 Å². The second-order valence-electron chi connectivity index (χ2n) is 4.27. The molecule has 0 bridgehead atoms. The summed E-state index contributed by atoms with van der Waals surface area (Å²) in [4.78, 5) is 0. The number of alkyl halides is 1. The molecule has 1 aromatic rings. The highest BCUT2D eigenvalue weighted by Gasteiger charge is 2.31. The van der Waals surface area contributed by atoms with Crippen molar-refractivity contribution in [2.45, 2.75) is 17.3 Å². The second-order valence-corrected chi connectivity index (χ2v) is 8.71. The SMILES string of the molecule is O=S1(=O)CCCN(S(=O)(=O)c2[nH]ncc2CCl)CC1. The fourth-order valence-electron chi connectivity index (χ4n) is 1.90. The number of sulfone groups is 1. The van der Waals surface area contributed by atoms with Crippen molar-refractivity contribution in [2.24, 2.45) is 0 Å². The molecule has 19 heavy (non-hydrogen) atoms. The Labute approximate surface area is 116 Å². The Morgan fingerprint density at radius 2 is 2.11 bits per heavy atom. The van der Waals surface area contributed by atoms with Gasteiger partial charge in [0.2, 0.25) is 0 Å². The monoisotopic (exact) mass is 327 g/mol. The summed E-state index contributed by atoms with van der Waals surface area (Å²) in [5.74, 6) is -0.113. The quantitative estimate of drug-likeness (QED) is 0.785. The van der Waals surface area contributed by atoms with Crippen LogP contribution in [0, 0.1) is 0 Å². The minimum Gasteiger partial charge on any atom is -0.266 e. The van der Waals surface area contributed by atoms with Crippen LogP contribution in [-0.2, 0) is 25.7 Å². The topological polar surface area (TPSA) is 100 Å². The van der Waals surface area contributed by atoms with Crippen LogP contribution < -0.4 is 0 Å². The maximum atomic E-state index is 12.4. The molecule has 0 saturated carbocycles. The van der Waals surface area contributed by atoms with Gasteiger partial charge in [-0.3, -0.25) is 5.10 Å². The number of hydrogen-bond donors (Lipinski definition) is 1. The minimum absolute atomic E-state index is 0.0182. The highest BCUT2D eigenvalue weighted by Crippen LogP contribution is 2.20. The van der Waals surface area contributed by atoms with E-state index in [1.54, 1.807) is 0 Å². The number of nitrogens with zero attached hydrogens (tertiary/aromatic N) is 2. The molecular formula is C9H14ClN3O4S2. The zero-order valence-electron chi connectivity index (χ0n) is 10.0. The molecule has 1 aliphatic rings. The van der Waals surface area contributed by atoms with Gasteiger partial charge in [0.1, 0.15) is 0 Å². The van der Waals surface area contributed by atoms with Gasteiger partial charge in [0, 0.05) is 18.7 Å². The molecule has 108 valence electrons. The third-order valence-corrected chi connectivity index (χ3v) is 6.85.